The molecule has 2 heterocycles. The molecule has 0 unspecified atom stereocenters. The monoisotopic (exact) mass is 1290 g/mol. The molecule has 4 heteroatoms. The van der Waals surface area contributed by atoms with E-state index in [1.165, 1.54) is 121 Å². The largest absolute Gasteiger partial charge is 0.311 e. The summed E-state index contributed by atoms with van der Waals surface area (Å²) in [6.45, 7) is 4.76. The van der Waals surface area contributed by atoms with Gasteiger partial charge in [-0.25, -0.2) is 0 Å². The Morgan fingerprint density at radius 1 is 0.218 bits per heavy atom. The maximum atomic E-state index is 2.43. The molecule has 0 fully saturated rings. The lowest BCUT2D eigenvalue weighted by Gasteiger charge is -2.28. The molecule has 4 nitrogen and oxygen atoms in total. The lowest BCUT2D eigenvalue weighted by molar-refractivity contribution is 0.660. The van der Waals surface area contributed by atoms with Crippen molar-refractivity contribution in [2.75, 3.05) is 9.80 Å². The van der Waals surface area contributed by atoms with Crippen LogP contribution in [0.4, 0.5) is 34.1 Å². The second-order valence-corrected chi connectivity index (χ2v) is 27.3. The number of hydrogen-bond acceptors (Lipinski definition) is 2. The molecule has 2 aromatic heterocycles. The maximum absolute atomic E-state index is 2.43. The molecule has 0 amide bonds. The number of benzene rings is 16. The summed E-state index contributed by atoms with van der Waals surface area (Å²) < 4.78 is 4.78. The zero-order valence-corrected chi connectivity index (χ0v) is 56.1. The zero-order valence-electron chi connectivity index (χ0n) is 56.1. The smallest absolute Gasteiger partial charge is 0.0547 e. The van der Waals surface area contributed by atoms with E-state index in [9.17, 15) is 0 Å². The van der Waals surface area contributed by atoms with Gasteiger partial charge in [-0.05, 0) is 228 Å². The standard InChI is InChI=1S/C97H68N4/c1-97(2)90-57-43-73(61-87(90)85-56-55-83(64-91(85)97)99(76-22-9-4-10-23-76)82-53-41-70(42-54-82)74-45-58-93-88(62-74)86-29-17-18-30-92(86)100(93)77-24-11-5-12-25-77)69-33-31-66(32-34-69)68-37-49-80(50-38-68)98(79-47-35-67(36-48-79)65-19-7-3-8-20-65)81-51-39-71(40-52-81)75-46-59-94-89(63-75)96-84-28-16-15-21-72(84)44-60-95(96)101(94)78-26-13-6-14-27-78/h3-64H,1-2H3. The minimum absolute atomic E-state index is 0.215. The molecule has 1 aliphatic rings. The van der Waals surface area contributed by atoms with Crippen LogP contribution in [0.5, 0.6) is 0 Å². The first-order valence-corrected chi connectivity index (χ1v) is 35.0. The van der Waals surface area contributed by atoms with Gasteiger partial charge in [0.05, 0.1) is 22.1 Å². The van der Waals surface area contributed by atoms with Crippen LogP contribution in [0.1, 0.15) is 25.0 Å². The second-order valence-electron chi connectivity index (χ2n) is 27.3. The van der Waals surface area contributed by atoms with Gasteiger partial charge < -0.3 is 18.9 Å². The van der Waals surface area contributed by atoms with Crippen molar-refractivity contribution in [1.29, 1.82) is 0 Å². The average molecular weight is 1290 g/mol. The summed E-state index contributed by atoms with van der Waals surface area (Å²) in [5.74, 6) is 0. The third-order valence-electron chi connectivity index (χ3n) is 21.1. The van der Waals surface area contributed by atoms with Crippen LogP contribution in [-0.2, 0) is 5.41 Å². The van der Waals surface area contributed by atoms with Gasteiger partial charge in [0.2, 0.25) is 0 Å². The van der Waals surface area contributed by atoms with Crippen molar-refractivity contribution in [3.05, 3.63) is 387 Å². The highest BCUT2D eigenvalue weighted by Crippen LogP contribution is 2.52. The molecular formula is C97H68N4. The van der Waals surface area contributed by atoms with Crippen molar-refractivity contribution in [3.8, 4) is 78.1 Å². The number of nitrogens with zero attached hydrogens (tertiary/aromatic N) is 4. The first kappa shape index (κ1) is 59.3. The van der Waals surface area contributed by atoms with Gasteiger partial charge in [0.15, 0.2) is 0 Å². The first-order valence-electron chi connectivity index (χ1n) is 35.0. The fraction of sp³-hybridized carbons (Fsp3) is 0.0309. The Balaban J connectivity index is 0.604. The topological polar surface area (TPSA) is 16.3 Å². The van der Waals surface area contributed by atoms with E-state index in [1.54, 1.807) is 0 Å². The fourth-order valence-electron chi connectivity index (χ4n) is 16.1. The molecule has 16 aromatic carbocycles. The molecule has 0 atom stereocenters. The molecule has 0 bridgehead atoms. The van der Waals surface area contributed by atoms with Gasteiger partial charge in [-0.2, -0.15) is 0 Å². The van der Waals surface area contributed by atoms with Gasteiger partial charge >= 0.3 is 0 Å². The van der Waals surface area contributed by atoms with Crippen molar-refractivity contribution < 1.29 is 0 Å². The van der Waals surface area contributed by atoms with Crippen LogP contribution in [-0.4, -0.2) is 9.13 Å². The van der Waals surface area contributed by atoms with Gasteiger partial charge in [0.1, 0.15) is 0 Å². The Morgan fingerprint density at radius 2 is 0.584 bits per heavy atom. The third kappa shape index (κ3) is 10.2. The summed E-state index contributed by atoms with van der Waals surface area (Å²) in [6, 6.07) is 138. The van der Waals surface area contributed by atoms with Crippen LogP contribution in [0.25, 0.3) is 133 Å². The van der Waals surface area contributed by atoms with Crippen molar-refractivity contribution in [3.63, 3.8) is 0 Å². The molecule has 0 spiro atoms. The maximum Gasteiger partial charge on any atom is 0.0547 e. The van der Waals surface area contributed by atoms with E-state index < -0.39 is 0 Å². The summed E-state index contributed by atoms with van der Waals surface area (Å²) in [6.07, 6.45) is 0. The summed E-state index contributed by atoms with van der Waals surface area (Å²) in [7, 11) is 0. The van der Waals surface area contributed by atoms with Crippen LogP contribution in [0.2, 0.25) is 0 Å². The van der Waals surface area contributed by atoms with Crippen LogP contribution < -0.4 is 9.80 Å². The van der Waals surface area contributed by atoms with E-state index in [0.717, 1.165) is 56.6 Å². The van der Waals surface area contributed by atoms with E-state index in [1.807, 2.05) is 0 Å². The van der Waals surface area contributed by atoms with Crippen LogP contribution in [0.15, 0.2) is 376 Å². The Kier molecular flexibility index (Phi) is 14.2. The van der Waals surface area contributed by atoms with Crippen LogP contribution in [0.3, 0.4) is 0 Å². The molecule has 101 heavy (non-hydrogen) atoms. The van der Waals surface area contributed by atoms with E-state index in [0.29, 0.717) is 0 Å². The number of anilines is 6. The molecule has 0 aliphatic heterocycles. The van der Waals surface area contributed by atoms with Crippen molar-refractivity contribution >= 4 is 88.5 Å². The highest BCUT2D eigenvalue weighted by atomic mass is 15.1. The molecule has 476 valence electrons. The molecule has 0 N–H and O–H groups in total. The number of para-hydroxylation sites is 4. The number of hydrogen-bond donors (Lipinski definition) is 0. The average Bonchev–Trinajstić information content (AvgIpc) is 1.59. The van der Waals surface area contributed by atoms with Gasteiger partial charge in [-0.15, -0.1) is 0 Å². The van der Waals surface area contributed by atoms with E-state index in [2.05, 4.69) is 409 Å². The molecular weight excluding hydrogens is 1220 g/mol. The lowest BCUT2D eigenvalue weighted by atomic mass is 9.82. The van der Waals surface area contributed by atoms with E-state index in [-0.39, 0.29) is 5.41 Å². The first-order chi connectivity index (χ1) is 49.8. The van der Waals surface area contributed by atoms with Crippen molar-refractivity contribution in [1.82, 2.24) is 9.13 Å². The quantitative estimate of drug-likeness (QED) is 0.114. The fourth-order valence-corrected chi connectivity index (χ4v) is 16.1. The van der Waals surface area contributed by atoms with Gasteiger partial charge in [0.25, 0.3) is 0 Å². The molecule has 19 rings (SSSR count). The molecule has 1 aliphatic carbocycles. The summed E-state index contributed by atoms with van der Waals surface area (Å²) in [5, 5.41) is 7.52. The van der Waals surface area contributed by atoms with E-state index in [4.69, 9.17) is 0 Å². The Labute approximate surface area is 588 Å². The summed E-state index contributed by atoms with van der Waals surface area (Å²) >= 11 is 0. The summed E-state index contributed by atoms with van der Waals surface area (Å²) in [5.41, 5.74) is 30.6. The van der Waals surface area contributed by atoms with Gasteiger partial charge in [-0.3, -0.25) is 0 Å². The van der Waals surface area contributed by atoms with Crippen molar-refractivity contribution in [2.45, 2.75) is 19.3 Å². The molecule has 0 saturated carbocycles. The number of rotatable bonds is 13. The lowest BCUT2D eigenvalue weighted by Crippen LogP contribution is -2.16. The van der Waals surface area contributed by atoms with Crippen LogP contribution >= 0.6 is 0 Å². The Bertz CT molecular complexity index is 6150. The number of aromatic nitrogens is 2. The predicted octanol–water partition coefficient (Wildman–Crippen LogP) is 26.6. The molecule has 18 aromatic rings. The highest BCUT2D eigenvalue weighted by molar-refractivity contribution is 6.22. The number of fused-ring (bicyclic) bond motifs is 11. The van der Waals surface area contributed by atoms with Gasteiger partial charge in [-0.1, -0.05) is 250 Å². The van der Waals surface area contributed by atoms with Gasteiger partial charge in [0, 0.05) is 72.5 Å². The third-order valence-corrected chi connectivity index (χ3v) is 21.1. The zero-order chi connectivity index (χ0) is 67.1. The normalized spacial score (nSPS) is 12.3. The minimum Gasteiger partial charge on any atom is -0.311 e. The molecule has 0 radical (unpaired) electrons. The Morgan fingerprint density at radius 3 is 1.15 bits per heavy atom. The second kappa shape index (κ2) is 24.2. The molecule has 0 saturated heterocycles. The minimum atomic E-state index is -0.215. The predicted molar refractivity (Wildman–Crippen MR) is 427 cm³/mol. The Hall–Kier alpha value is -13.0. The van der Waals surface area contributed by atoms with Crippen molar-refractivity contribution in [2.24, 2.45) is 0 Å². The SMILES string of the molecule is CC1(C)c2ccc(-c3ccc(-c4ccc(N(c5ccc(-c6ccccc6)cc5)c5ccc(-c6ccc7c(c6)c6c8ccccc8ccc6n7-c6ccccc6)cc5)cc4)cc3)cc2-c2ccc(N(c3ccccc3)c3ccc(-c4ccc5c(c4)c4ccccc4n5-c4ccccc4)cc3)cc21. The van der Waals surface area contributed by atoms with Crippen LogP contribution in [0, 0.1) is 0 Å². The summed E-state index contributed by atoms with van der Waals surface area (Å²) in [4.78, 5) is 4.77. The highest BCUT2D eigenvalue weighted by Gasteiger charge is 2.36. The van der Waals surface area contributed by atoms with E-state index >= 15 is 0 Å².